The van der Waals surface area contributed by atoms with Crippen LogP contribution in [0.2, 0.25) is 0 Å². The van der Waals surface area contributed by atoms with Crippen molar-refractivity contribution in [1.82, 2.24) is 0 Å². The van der Waals surface area contributed by atoms with Crippen LogP contribution in [0.3, 0.4) is 0 Å². The third-order valence-corrected chi connectivity index (χ3v) is 8.56. The topological polar surface area (TPSA) is 202 Å². The van der Waals surface area contributed by atoms with Crippen LogP contribution in [0.15, 0.2) is 0 Å². The highest BCUT2D eigenvalue weighted by molar-refractivity contribution is 5.72. The maximum Gasteiger partial charge on any atom is 0.308 e. The third kappa shape index (κ3) is 13.3. The number of aliphatic hydroxyl groups is 5. The average molecular weight is 651 g/mol. The summed E-state index contributed by atoms with van der Waals surface area (Å²) in [7, 11) is 0. The van der Waals surface area contributed by atoms with Crippen molar-refractivity contribution in [1.29, 1.82) is 0 Å². The highest BCUT2D eigenvalue weighted by Crippen LogP contribution is 2.31. The molecule has 2 heterocycles. The molecular weight excluding hydrogens is 592 g/mol. The summed E-state index contributed by atoms with van der Waals surface area (Å²) in [6.07, 6.45) is -5.07. The van der Waals surface area contributed by atoms with E-state index in [1.807, 2.05) is 0 Å². The van der Waals surface area contributed by atoms with E-state index in [1.54, 1.807) is 6.92 Å². The Kier molecular flexibility index (Phi) is 18.3. The molecule has 264 valence electrons. The van der Waals surface area contributed by atoms with Crippen molar-refractivity contribution in [3.63, 3.8) is 0 Å². The fraction of sp³-hybridized carbons (Fsp3) is 0.938. The Morgan fingerprint density at radius 3 is 1.71 bits per heavy atom. The van der Waals surface area contributed by atoms with Crippen molar-refractivity contribution >= 4 is 11.9 Å². The molecule has 6 unspecified atom stereocenters. The van der Waals surface area contributed by atoms with Crippen LogP contribution in [0.1, 0.15) is 118 Å². The second kappa shape index (κ2) is 20.7. The SMILES string of the molecule is CCCCCCCC(CC(=O)O)OC(=O)CC(CCCCCCC)OC1OC(C)[C@H](O)[C@H](O)[C@@H]1OC1OC(C)[C@H](O)[C@H](O)[C@@H]1O. The van der Waals surface area contributed by atoms with Gasteiger partial charge in [0.15, 0.2) is 12.6 Å². The molecule has 0 aromatic carbocycles. The molecule has 2 saturated heterocycles. The number of hydrogen-bond acceptors (Lipinski definition) is 12. The molecule has 13 nitrogen and oxygen atoms in total. The molecule has 2 aliphatic rings. The predicted octanol–water partition coefficient (Wildman–Crippen LogP) is 2.55. The first-order valence-corrected chi connectivity index (χ1v) is 16.8. The lowest BCUT2D eigenvalue weighted by Crippen LogP contribution is -2.63. The van der Waals surface area contributed by atoms with Gasteiger partial charge in [-0.15, -0.1) is 0 Å². The van der Waals surface area contributed by atoms with Gasteiger partial charge in [0.25, 0.3) is 0 Å². The molecule has 0 bridgehead atoms. The Morgan fingerprint density at radius 2 is 1.16 bits per heavy atom. The lowest BCUT2D eigenvalue weighted by molar-refractivity contribution is -0.366. The minimum atomic E-state index is -1.67. The van der Waals surface area contributed by atoms with Crippen LogP contribution in [0.4, 0.5) is 0 Å². The zero-order valence-electron chi connectivity index (χ0n) is 27.4. The number of rotatable bonds is 21. The summed E-state index contributed by atoms with van der Waals surface area (Å²) in [5, 5.41) is 61.7. The van der Waals surface area contributed by atoms with E-state index in [1.165, 1.54) is 6.92 Å². The van der Waals surface area contributed by atoms with Crippen LogP contribution in [0.5, 0.6) is 0 Å². The molecule has 0 saturated carbocycles. The maximum absolute atomic E-state index is 13.1. The van der Waals surface area contributed by atoms with E-state index < -0.39 is 85.6 Å². The number of carboxylic acids is 1. The first-order valence-electron chi connectivity index (χ1n) is 16.8. The molecule has 0 aliphatic carbocycles. The van der Waals surface area contributed by atoms with E-state index in [9.17, 15) is 40.2 Å². The minimum absolute atomic E-state index is 0.205. The van der Waals surface area contributed by atoms with E-state index >= 15 is 0 Å². The Hall–Kier alpha value is -1.42. The van der Waals surface area contributed by atoms with E-state index in [0.29, 0.717) is 12.8 Å². The first kappa shape index (κ1) is 39.8. The predicted molar refractivity (Wildman–Crippen MR) is 162 cm³/mol. The van der Waals surface area contributed by atoms with Crippen LogP contribution in [-0.2, 0) is 33.3 Å². The largest absolute Gasteiger partial charge is 0.481 e. The number of hydrogen-bond donors (Lipinski definition) is 6. The molecule has 45 heavy (non-hydrogen) atoms. The number of unbranched alkanes of at least 4 members (excludes halogenated alkanes) is 8. The van der Waals surface area contributed by atoms with E-state index in [-0.39, 0.29) is 12.8 Å². The second-order valence-corrected chi connectivity index (χ2v) is 12.6. The smallest absolute Gasteiger partial charge is 0.308 e. The number of carbonyl (C=O) groups is 2. The van der Waals surface area contributed by atoms with Crippen LogP contribution in [-0.4, -0.2) is 116 Å². The lowest BCUT2D eigenvalue weighted by atomic mass is 9.97. The van der Waals surface area contributed by atoms with E-state index in [2.05, 4.69) is 13.8 Å². The highest BCUT2D eigenvalue weighted by atomic mass is 16.8. The van der Waals surface area contributed by atoms with Crippen molar-refractivity contribution in [3.05, 3.63) is 0 Å². The van der Waals surface area contributed by atoms with Gasteiger partial charge in [-0.05, 0) is 33.1 Å². The summed E-state index contributed by atoms with van der Waals surface area (Å²) < 4.78 is 29.1. The second-order valence-electron chi connectivity index (χ2n) is 12.6. The summed E-state index contributed by atoms with van der Waals surface area (Å²) in [5.74, 6) is -1.67. The number of carboxylic acid groups (broad SMARTS) is 1. The van der Waals surface area contributed by atoms with Crippen molar-refractivity contribution in [2.45, 2.75) is 191 Å². The first-order chi connectivity index (χ1) is 21.4. The number of aliphatic hydroxyl groups excluding tert-OH is 5. The number of aliphatic carboxylic acids is 1. The standard InChI is InChI=1S/C32H58O13/c1-5-7-9-11-13-15-21(17-23(33)34)43-24(35)18-22(16-14-12-10-8-6-2)44-32-30(28(39)26(37)20(4)42-32)45-31-29(40)27(38)25(36)19(3)41-31/h19-22,25-32,36-40H,5-18H2,1-4H3,(H,33,34)/t19?,20?,21?,22?,25-,26-,27-,28-,29-,30-,31?,32?/m0/s1. The zero-order chi connectivity index (χ0) is 33.5. The normalized spacial score (nSPS) is 33.4. The molecule has 2 rings (SSSR count). The fourth-order valence-corrected chi connectivity index (χ4v) is 5.71. The number of ether oxygens (including phenoxy) is 5. The number of esters is 1. The van der Waals surface area contributed by atoms with Gasteiger partial charge in [-0.3, -0.25) is 9.59 Å². The van der Waals surface area contributed by atoms with Crippen molar-refractivity contribution < 1.29 is 63.9 Å². The monoisotopic (exact) mass is 650 g/mol. The van der Waals surface area contributed by atoms with Gasteiger partial charge >= 0.3 is 11.9 Å². The van der Waals surface area contributed by atoms with E-state index in [0.717, 1.165) is 64.2 Å². The Morgan fingerprint density at radius 1 is 0.644 bits per heavy atom. The minimum Gasteiger partial charge on any atom is -0.481 e. The molecule has 0 amide bonds. The van der Waals surface area contributed by atoms with Gasteiger partial charge in [0, 0.05) is 0 Å². The molecule has 13 heteroatoms. The summed E-state index contributed by atoms with van der Waals surface area (Å²) in [5.41, 5.74) is 0. The summed E-state index contributed by atoms with van der Waals surface area (Å²) >= 11 is 0. The van der Waals surface area contributed by atoms with E-state index in [4.69, 9.17) is 23.7 Å². The molecule has 0 radical (unpaired) electrons. The Bertz CT molecular complexity index is 844. The van der Waals surface area contributed by atoms with Gasteiger partial charge in [-0.2, -0.15) is 0 Å². The van der Waals surface area contributed by atoms with Gasteiger partial charge < -0.3 is 54.3 Å². The zero-order valence-corrected chi connectivity index (χ0v) is 27.4. The molecule has 0 aromatic heterocycles. The molecular formula is C32H58O13. The Labute approximate surface area is 267 Å². The molecule has 6 N–H and O–H groups in total. The van der Waals surface area contributed by atoms with Crippen LogP contribution in [0, 0.1) is 0 Å². The lowest BCUT2D eigenvalue weighted by Gasteiger charge is -2.46. The number of carbonyl (C=O) groups excluding carboxylic acids is 1. The van der Waals surface area contributed by atoms with Crippen LogP contribution >= 0.6 is 0 Å². The van der Waals surface area contributed by atoms with Crippen molar-refractivity contribution in [2.75, 3.05) is 0 Å². The van der Waals surface area contributed by atoms with Gasteiger partial charge in [-0.1, -0.05) is 71.6 Å². The molecule has 0 aromatic rings. The van der Waals surface area contributed by atoms with Gasteiger partial charge in [0.05, 0.1) is 31.2 Å². The maximum atomic E-state index is 13.1. The quantitative estimate of drug-likeness (QED) is 0.0782. The Balaban J connectivity index is 2.16. The average Bonchev–Trinajstić information content (AvgIpc) is 2.98. The van der Waals surface area contributed by atoms with Gasteiger partial charge in [-0.25, -0.2) is 0 Å². The summed E-state index contributed by atoms with van der Waals surface area (Å²) in [6, 6.07) is 0. The highest BCUT2D eigenvalue weighted by Gasteiger charge is 2.50. The van der Waals surface area contributed by atoms with Gasteiger partial charge in [0.1, 0.15) is 42.7 Å². The molecule has 12 atom stereocenters. The third-order valence-electron chi connectivity index (χ3n) is 8.56. The summed E-state index contributed by atoms with van der Waals surface area (Å²) in [4.78, 5) is 24.6. The fourth-order valence-electron chi connectivity index (χ4n) is 5.71. The molecule has 2 fully saturated rings. The molecule has 2 aliphatic heterocycles. The van der Waals surface area contributed by atoms with Crippen LogP contribution in [0.25, 0.3) is 0 Å². The molecule has 0 spiro atoms. The van der Waals surface area contributed by atoms with Crippen molar-refractivity contribution in [3.8, 4) is 0 Å². The van der Waals surface area contributed by atoms with Gasteiger partial charge in [0.2, 0.25) is 0 Å². The van der Waals surface area contributed by atoms with Crippen LogP contribution < -0.4 is 0 Å². The summed E-state index contributed by atoms with van der Waals surface area (Å²) in [6.45, 7) is 7.24. The van der Waals surface area contributed by atoms with Crippen molar-refractivity contribution in [2.24, 2.45) is 0 Å².